The largest absolute Gasteiger partial charge is 0.385 e. The van der Waals surface area contributed by atoms with Gasteiger partial charge in [-0.1, -0.05) is 11.6 Å². The normalized spacial score (nSPS) is 9.88. The number of ether oxygens (including phenoxy) is 1. The number of halogens is 1. The molecule has 88 valence electrons. The molecule has 0 spiro atoms. The van der Waals surface area contributed by atoms with Crippen molar-refractivity contribution in [2.45, 2.75) is 6.42 Å². The summed E-state index contributed by atoms with van der Waals surface area (Å²) in [6, 6.07) is 3.61. The number of rotatable bonds is 5. The molecule has 0 bridgehead atoms. The van der Waals surface area contributed by atoms with Crippen molar-refractivity contribution in [2.75, 3.05) is 25.6 Å². The van der Waals surface area contributed by atoms with E-state index in [2.05, 4.69) is 15.6 Å². The third-order valence-electron chi connectivity index (χ3n) is 1.82. The van der Waals surface area contributed by atoms with Crippen molar-refractivity contribution in [3.63, 3.8) is 0 Å². The highest BCUT2D eigenvalue weighted by Crippen LogP contribution is 2.16. The molecule has 0 radical (unpaired) electrons. The van der Waals surface area contributed by atoms with Gasteiger partial charge in [0.1, 0.15) is 0 Å². The van der Waals surface area contributed by atoms with E-state index in [1.165, 1.54) is 0 Å². The third kappa shape index (κ3) is 4.74. The van der Waals surface area contributed by atoms with Crippen LogP contribution >= 0.6 is 23.8 Å². The van der Waals surface area contributed by atoms with Crippen molar-refractivity contribution in [3.8, 4) is 0 Å². The molecule has 1 aromatic rings. The van der Waals surface area contributed by atoms with Crippen LogP contribution in [0.3, 0.4) is 0 Å². The van der Waals surface area contributed by atoms with Crippen LogP contribution in [0.15, 0.2) is 18.3 Å². The Morgan fingerprint density at radius 3 is 3.12 bits per heavy atom. The van der Waals surface area contributed by atoms with Gasteiger partial charge in [0, 0.05) is 26.5 Å². The second kappa shape index (κ2) is 7.38. The molecule has 1 heterocycles. The number of nitrogens with zero attached hydrogens (tertiary/aromatic N) is 1. The molecule has 0 atom stereocenters. The molecule has 16 heavy (non-hydrogen) atoms. The molecular weight excluding hydrogens is 246 g/mol. The molecule has 2 N–H and O–H groups in total. The molecule has 0 unspecified atom stereocenters. The fourth-order valence-corrected chi connectivity index (χ4v) is 1.44. The molecule has 0 fully saturated rings. The van der Waals surface area contributed by atoms with Crippen LogP contribution in [0.2, 0.25) is 5.15 Å². The van der Waals surface area contributed by atoms with Crippen LogP contribution in [-0.4, -0.2) is 30.4 Å². The summed E-state index contributed by atoms with van der Waals surface area (Å²) in [5.74, 6) is 0. The molecule has 6 heteroatoms. The van der Waals surface area contributed by atoms with Crippen LogP contribution in [0, 0.1) is 0 Å². The third-order valence-corrected chi connectivity index (χ3v) is 2.37. The van der Waals surface area contributed by atoms with Gasteiger partial charge in [0.05, 0.1) is 5.69 Å². The van der Waals surface area contributed by atoms with E-state index in [-0.39, 0.29) is 0 Å². The number of thiocarbonyl (C=S) groups is 1. The summed E-state index contributed by atoms with van der Waals surface area (Å²) in [6.45, 7) is 1.47. The van der Waals surface area contributed by atoms with Crippen LogP contribution < -0.4 is 10.6 Å². The average Bonchev–Trinajstić information content (AvgIpc) is 2.28. The van der Waals surface area contributed by atoms with E-state index in [0.717, 1.165) is 13.0 Å². The SMILES string of the molecule is COCCCNC(=S)Nc1cccnc1Cl. The predicted octanol–water partition coefficient (Wildman–Crippen LogP) is 2.06. The summed E-state index contributed by atoms with van der Waals surface area (Å²) in [5, 5.41) is 6.96. The molecule has 0 saturated carbocycles. The van der Waals surface area contributed by atoms with Crippen LogP contribution in [0.5, 0.6) is 0 Å². The van der Waals surface area contributed by atoms with Gasteiger partial charge in [-0.2, -0.15) is 0 Å². The smallest absolute Gasteiger partial charge is 0.170 e. The maximum absolute atomic E-state index is 5.87. The fraction of sp³-hybridized carbons (Fsp3) is 0.400. The molecule has 0 amide bonds. The Bertz CT molecular complexity index is 349. The predicted molar refractivity (Wildman–Crippen MR) is 70.0 cm³/mol. The van der Waals surface area contributed by atoms with E-state index in [0.29, 0.717) is 22.6 Å². The number of hydrogen-bond donors (Lipinski definition) is 2. The van der Waals surface area contributed by atoms with E-state index < -0.39 is 0 Å². The van der Waals surface area contributed by atoms with Crippen LogP contribution in [0.4, 0.5) is 5.69 Å². The van der Waals surface area contributed by atoms with Gasteiger partial charge in [-0.15, -0.1) is 0 Å². The molecule has 0 aromatic carbocycles. The highest BCUT2D eigenvalue weighted by molar-refractivity contribution is 7.80. The lowest BCUT2D eigenvalue weighted by Gasteiger charge is -2.10. The highest BCUT2D eigenvalue weighted by Gasteiger charge is 2.01. The summed E-state index contributed by atoms with van der Waals surface area (Å²) in [6.07, 6.45) is 2.53. The average molecular weight is 260 g/mol. The van der Waals surface area contributed by atoms with Crippen LogP contribution in [0.1, 0.15) is 6.42 Å². The van der Waals surface area contributed by atoms with E-state index in [1.807, 2.05) is 6.07 Å². The Kier molecular flexibility index (Phi) is 6.07. The Hall–Kier alpha value is -0.910. The van der Waals surface area contributed by atoms with E-state index in [9.17, 15) is 0 Å². The van der Waals surface area contributed by atoms with Crippen LogP contribution in [0.25, 0.3) is 0 Å². The molecular formula is C10H14ClN3OS. The summed E-state index contributed by atoms with van der Waals surface area (Å²) in [4.78, 5) is 3.94. The standard InChI is InChI=1S/C10H14ClN3OS/c1-15-7-3-6-13-10(16)14-8-4-2-5-12-9(8)11/h2,4-5H,3,6-7H2,1H3,(H2,13,14,16). The lowest BCUT2D eigenvalue weighted by atomic mass is 10.4. The Morgan fingerprint density at radius 2 is 2.44 bits per heavy atom. The first kappa shape index (κ1) is 13.2. The zero-order valence-electron chi connectivity index (χ0n) is 9.00. The van der Waals surface area contributed by atoms with Gasteiger partial charge in [0.2, 0.25) is 0 Å². The highest BCUT2D eigenvalue weighted by atomic mass is 35.5. The van der Waals surface area contributed by atoms with Gasteiger partial charge in [-0.25, -0.2) is 4.98 Å². The molecule has 0 aliphatic carbocycles. The molecule has 4 nitrogen and oxygen atoms in total. The minimum Gasteiger partial charge on any atom is -0.385 e. The summed E-state index contributed by atoms with van der Waals surface area (Å²) >= 11 is 11.0. The Morgan fingerprint density at radius 1 is 1.62 bits per heavy atom. The molecule has 1 aromatic heterocycles. The van der Waals surface area contributed by atoms with E-state index in [1.54, 1.807) is 19.4 Å². The number of hydrogen-bond acceptors (Lipinski definition) is 3. The summed E-state index contributed by atoms with van der Waals surface area (Å²) in [5.41, 5.74) is 0.702. The van der Waals surface area contributed by atoms with Crippen molar-refractivity contribution in [1.29, 1.82) is 0 Å². The van der Waals surface area contributed by atoms with Crippen LogP contribution in [-0.2, 0) is 4.74 Å². The zero-order chi connectivity index (χ0) is 11.8. The topological polar surface area (TPSA) is 46.2 Å². The monoisotopic (exact) mass is 259 g/mol. The van der Waals surface area contributed by atoms with Crippen molar-refractivity contribution in [2.24, 2.45) is 0 Å². The van der Waals surface area contributed by atoms with Gasteiger partial charge >= 0.3 is 0 Å². The molecule has 0 aliphatic rings. The maximum atomic E-state index is 5.87. The second-order valence-corrected chi connectivity index (χ2v) is 3.84. The van der Waals surface area contributed by atoms with Crippen molar-refractivity contribution in [1.82, 2.24) is 10.3 Å². The van der Waals surface area contributed by atoms with Gasteiger partial charge < -0.3 is 15.4 Å². The Labute approximate surface area is 105 Å². The lowest BCUT2D eigenvalue weighted by molar-refractivity contribution is 0.196. The van der Waals surface area contributed by atoms with Gasteiger partial charge in [0.15, 0.2) is 10.3 Å². The number of nitrogens with one attached hydrogen (secondary N) is 2. The Balaban J connectivity index is 2.32. The summed E-state index contributed by atoms with van der Waals surface area (Å²) in [7, 11) is 1.67. The molecule has 0 saturated heterocycles. The lowest BCUT2D eigenvalue weighted by Crippen LogP contribution is -2.29. The number of pyridine rings is 1. The van der Waals surface area contributed by atoms with Crippen molar-refractivity contribution in [3.05, 3.63) is 23.5 Å². The molecule has 1 rings (SSSR count). The first-order chi connectivity index (χ1) is 7.74. The zero-order valence-corrected chi connectivity index (χ0v) is 10.6. The number of anilines is 1. The minimum atomic E-state index is 0.406. The van der Waals surface area contributed by atoms with Gasteiger partial charge in [-0.05, 0) is 30.8 Å². The van der Waals surface area contributed by atoms with E-state index >= 15 is 0 Å². The number of aromatic nitrogens is 1. The maximum Gasteiger partial charge on any atom is 0.170 e. The van der Waals surface area contributed by atoms with Gasteiger partial charge in [0.25, 0.3) is 0 Å². The van der Waals surface area contributed by atoms with Gasteiger partial charge in [-0.3, -0.25) is 0 Å². The fourth-order valence-electron chi connectivity index (χ4n) is 1.06. The van der Waals surface area contributed by atoms with E-state index in [4.69, 9.17) is 28.6 Å². The quantitative estimate of drug-likeness (QED) is 0.482. The molecule has 0 aliphatic heterocycles. The number of methoxy groups -OCH3 is 1. The van der Waals surface area contributed by atoms with Crippen molar-refractivity contribution >= 4 is 34.6 Å². The first-order valence-electron chi connectivity index (χ1n) is 4.88. The minimum absolute atomic E-state index is 0.406. The first-order valence-corrected chi connectivity index (χ1v) is 5.67. The second-order valence-electron chi connectivity index (χ2n) is 3.07. The summed E-state index contributed by atoms with van der Waals surface area (Å²) < 4.78 is 4.93. The van der Waals surface area contributed by atoms with Crippen molar-refractivity contribution < 1.29 is 4.74 Å².